The van der Waals surface area contributed by atoms with Crippen LogP contribution in [0.2, 0.25) is 0 Å². The van der Waals surface area contributed by atoms with Crippen LogP contribution in [0.5, 0.6) is 0 Å². The minimum atomic E-state index is -0.810. The molecule has 0 amide bonds. The number of rotatable bonds is 2. The van der Waals surface area contributed by atoms with Gasteiger partial charge in [-0.1, -0.05) is 0 Å². The van der Waals surface area contributed by atoms with Crippen LogP contribution < -0.4 is 27.6 Å². The lowest BCUT2D eigenvalue weighted by molar-refractivity contribution is -0.0466. The van der Waals surface area contributed by atoms with Crippen molar-refractivity contribution in [2.75, 3.05) is 13.3 Å². The Morgan fingerprint density at radius 3 is 3.05 bits per heavy atom. The predicted molar refractivity (Wildman–Crippen MR) is 63.1 cm³/mol. The third-order valence-electron chi connectivity index (χ3n) is 3.34. The number of H-pyrrole nitrogens is 1. The first-order valence-corrected chi connectivity index (χ1v) is 5.95. The Bertz CT molecular complexity index is 662. The SMILES string of the molecule is NC1=c2[nH]c(=O)n([C@H]3C[C@H](O)[C@@H](CO)O3)c2=NCN1. The summed E-state index contributed by atoms with van der Waals surface area (Å²) in [6.45, 7) is -0.0270. The van der Waals surface area contributed by atoms with Crippen LogP contribution in [0.1, 0.15) is 12.6 Å². The second-order valence-corrected chi connectivity index (χ2v) is 4.52. The fourth-order valence-corrected chi connectivity index (χ4v) is 2.38. The highest BCUT2D eigenvalue weighted by Crippen LogP contribution is 2.26. The van der Waals surface area contributed by atoms with Crippen LogP contribution in [0, 0.1) is 0 Å². The molecule has 0 bridgehead atoms. The van der Waals surface area contributed by atoms with E-state index in [2.05, 4.69) is 15.3 Å². The van der Waals surface area contributed by atoms with Crippen molar-refractivity contribution >= 4 is 5.82 Å². The molecule has 0 unspecified atom stereocenters. The van der Waals surface area contributed by atoms with E-state index in [1.165, 1.54) is 4.57 Å². The summed E-state index contributed by atoms with van der Waals surface area (Å²) in [4.78, 5) is 18.8. The molecule has 0 aromatic carbocycles. The van der Waals surface area contributed by atoms with Gasteiger partial charge in [0.15, 0.2) is 5.49 Å². The molecule has 1 saturated heterocycles. The zero-order valence-electron chi connectivity index (χ0n) is 10.0. The first kappa shape index (κ1) is 12.2. The van der Waals surface area contributed by atoms with Crippen molar-refractivity contribution in [3.63, 3.8) is 0 Å². The van der Waals surface area contributed by atoms with E-state index in [-0.39, 0.29) is 19.7 Å². The fraction of sp³-hybridized carbons (Fsp3) is 0.600. The van der Waals surface area contributed by atoms with E-state index in [0.717, 1.165) is 0 Å². The summed E-state index contributed by atoms with van der Waals surface area (Å²) in [5.74, 6) is 0.345. The molecule has 19 heavy (non-hydrogen) atoms. The van der Waals surface area contributed by atoms with Crippen LogP contribution in [0.15, 0.2) is 9.79 Å². The van der Waals surface area contributed by atoms with Crippen LogP contribution >= 0.6 is 0 Å². The number of imidazole rings is 1. The number of aliphatic hydroxyl groups excluding tert-OH is 2. The zero-order chi connectivity index (χ0) is 13.6. The van der Waals surface area contributed by atoms with E-state index >= 15 is 0 Å². The van der Waals surface area contributed by atoms with Gasteiger partial charge in [-0.2, -0.15) is 0 Å². The van der Waals surface area contributed by atoms with E-state index in [4.69, 9.17) is 15.6 Å². The lowest BCUT2D eigenvalue weighted by Gasteiger charge is -2.13. The summed E-state index contributed by atoms with van der Waals surface area (Å²) < 4.78 is 6.78. The largest absolute Gasteiger partial charge is 0.394 e. The van der Waals surface area contributed by atoms with Crippen LogP contribution in [0.3, 0.4) is 0 Å². The van der Waals surface area contributed by atoms with Crippen molar-refractivity contribution in [2.45, 2.75) is 24.9 Å². The average Bonchev–Trinajstić information content (AvgIpc) is 2.90. The molecule has 0 spiro atoms. The first-order chi connectivity index (χ1) is 9.11. The smallest absolute Gasteiger partial charge is 0.329 e. The molecular weight excluding hydrogens is 254 g/mol. The first-order valence-electron chi connectivity index (χ1n) is 5.95. The van der Waals surface area contributed by atoms with Crippen molar-refractivity contribution < 1.29 is 14.9 Å². The number of hydrogen-bond donors (Lipinski definition) is 5. The predicted octanol–water partition coefficient (Wildman–Crippen LogP) is -3.98. The molecule has 0 saturated carbocycles. The number of aliphatic hydroxyl groups is 2. The van der Waals surface area contributed by atoms with E-state index < -0.39 is 24.1 Å². The van der Waals surface area contributed by atoms with Crippen molar-refractivity contribution in [3.8, 4) is 0 Å². The maximum Gasteiger partial charge on any atom is 0.329 e. The molecule has 6 N–H and O–H groups in total. The number of aromatic nitrogens is 2. The topological polar surface area (TPSA) is 138 Å². The quantitative estimate of drug-likeness (QED) is 0.371. The van der Waals surface area contributed by atoms with Gasteiger partial charge in [0.25, 0.3) is 0 Å². The third-order valence-corrected chi connectivity index (χ3v) is 3.34. The number of fused-ring (bicyclic) bond motifs is 1. The lowest BCUT2D eigenvalue weighted by atomic mass is 10.2. The summed E-state index contributed by atoms with van der Waals surface area (Å²) >= 11 is 0. The normalized spacial score (nSPS) is 29.8. The van der Waals surface area contributed by atoms with Crippen LogP contribution in [0.4, 0.5) is 0 Å². The van der Waals surface area contributed by atoms with Gasteiger partial charge in [0.05, 0.1) is 12.7 Å². The Kier molecular flexibility index (Phi) is 2.81. The van der Waals surface area contributed by atoms with Gasteiger partial charge in [-0.05, 0) is 0 Å². The molecule has 0 radical (unpaired) electrons. The minimum Gasteiger partial charge on any atom is -0.394 e. The Morgan fingerprint density at radius 2 is 2.37 bits per heavy atom. The molecular formula is C10H15N5O4. The molecule has 3 atom stereocenters. The highest BCUT2D eigenvalue weighted by molar-refractivity contribution is 5.35. The van der Waals surface area contributed by atoms with Crippen molar-refractivity contribution in [3.05, 3.63) is 21.3 Å². The van der Waals surface area contributed by atoms with E-state index in [9.17, 15) is 9.90 Å². The molecule has 2 aliphatic rings. The molecule has 1 aromatic heterocycles. The van der Waals surface area contributed by atoms with E-state index in [1.807, 2.05) is 0 Å². The molecule has 3 heterocycles. The second kappa shape index (κ2) is 4.37. The fourth-order valence-electron chi connectivity index (χ4n) is 2.38. The van der Waals surface area contributed by atoms with Crippen molar-refractivity contribution in [1.29, 1.82) is 0 Å². The Hall–Kier alpha value is -1.84. The van der Waals surface area contributed by atoms with E-state index in [0.29, 0.717) is 16.7 Å². The number of nitrogens with zero attached hydrogens (tertiary/aromatic N) is 2. The minimum absolute atomic E-state index is 0.221. The molecule has 104 valence electrons. The van der Waals surface area contributed by atoms with Gasteiger partial charge in [-0.25, -0.2) is 14.4 Å². The highest BCUT2D eigenvalue weighted by Gasteiger charge is 2.36. The lowest BCUT2D eigenvalue weighted by Crippen LogP contribution is -2.44. The third kappa shape index (κ3) is 1.82. The number of aromatic amines is 1. The zero-order valence-corrected chi connectivity index (χ0v) is 10.0. The van der Waals surface area contributed by atoms with Crippen LogP contribution in [-0.2, 0) is 4.74 Å². The maximum atomic E-state index is 12.0. The number of nitrogens with two attached hydrogens (primary N) is 1. The maximum absolute atomic E-state index is 12.0. The molecule has 1 fully saturated rings. The van der Waals surface area contributed by atoms with Gasteiger partial charge in [0.1, 0.15) is 30.2 Å². The van der Waals surface area contributed by atoms with Crippen LogP contribution in [-0.4, -0.2) is 45.2 Å². The summed E-state index contributed by atoms with van der Waals surface area (Å²) in [5.41, 5.74) is 5.73. The van der Waals surface area contributed by atoms with Gasteiger partial charge in [0.2, 0.25) is 0 Å². The van der Waals surface area contributed by atoms with E-state index in [1.54, 1.807) is 0 Å². The van der Waals surface area contributed by atoms with Gasteiger partial charge < -0.3 is 31.0 Å². The summed E-state index contributed by atoms with van der Waals surface area (Å²) in [7, 11) is 0. The Morgan fingerprint density at radius 1 is 1.58 bits per heavy atom. The van der Waals surface area contributed by atoms with Crippen molar-refractivity contribution in [2.24, 2.45) is 10.7 Å². The van der Waals surface area contributed by atoms with Gasteiger partial charge in [-0.3, -0.25) is 0 Å². The monoisotopic (exact) mass is 269 g/mol. The number of hydrogen-bond acceptors (Lipinski definition) is 7. The summed E-state index contributed by atoms with van der Waals surface area (Å²) in [6, 6.07) is 0. The molecule has 0 aliphatic carbocycles. The van der Waals surface area contributed by atoms with Gasteiger partial charge in [0, 0.05) is 6.42 Å². The number of ether oxygens (including phenoxy) is 1. The van der Waals surface area contributed by atoms with Gasteiger partial charge in [-0.15, -0.1) is 0 Å². The molecule has 1 aromatic rings. The molecule has 2 aliphatic heterocycles. The van der Waals surface area contributed by atoms with Crippen LogP contribution in [0.25, 0.3) is 5.82 Å². The average molecular weight is 269 g/mol. The highest BCUT2D eigenvalue weighted by atomic mass is 16.5. The second-order valence-electron chi connectivity index (χ2n) is 4.52. The molecule has 9 heteroatoms. The number of nitrogens with one attached hydrogen (secondary N) is 2. The van der Waals surface area contributed by atoms with Crippen molar-refractivity contribution in [1.82, 2.24) is 14.9 Å². The Labute approximate surface area is 107 Å². The molecule has 9 nitrogen and oxygen atoms in total. The van der Waals surface area contributed by atoms with Gasteiger partial charge >= 0.3 is 5.69 Å². The summed E-state index contributed by atoms with van der Waals surface area (Å²) in [6.07, 6.45) is -1.94. The summed E-state index contributed by atoms with van der Waals surface area (Å²) in [5, 5.41) is 22.0. The standard InChI is InChI=1S/C10H15N5O4/c11-8-7-9(13-3-12-8)15(10(18)14-7)6-1-4(17)5(2-16)19-6/h4-6,12,16-17H,1-3,11H2,(H,14,18)/t4-,5+,6+/m0/s1. The molecule has 3 rings (SSSR count). The Balaban J connectivity index is 2.09.